The van der Waals surface area contributed by atoms with Gasteiger partial charge in [-0.3, -0.25) is 9.69 Å². The Labute approximate surface area is 122 Å². The second-order valence-corrected chi connectivity index (χ2v) is 5.00. The lowest BCUT2D eigenvalue weighted by molar-refractivity contribution is -0.145. The first-order valence-electron chi connectivity index (χ1n) is 6.18. The van der Waals surface area contributed by atoms with Crippen molar-refractivity contribution in [1.82, 2.24) is 4.90 Å². The molecule has 1 aromatic rings. The molecule has 0 unspecified atom stereocenters. The van der Waals surface area contributed by atoms with Gasteiger partial charge in [0.25, 0.3) is 0 Å². The van der Waals surface area contributed by atoms with Crippen LogP contribution in [0.15, 0.2) is 12.1 Å². The van der Waals surface area contributed by atoms with Crippen molar-refractivity contribution in [3.05, 3.63) is 34.4 Å². The van der Waals surface area contributed by atoms with Crippen LogP contribution >= 0.6 is 12.4 Å². The molecule has 1 atom stereocenters. The Morgan fingerprint density at radius 2 is 1.79 bits per heavy atom. The molecule has 4 heteroatoms. The minimum absolute atomic E-state index is 0. The van der Waals surface area contributed by atoms with Crippen LogP contribution in [-0.2, 0) is 16.0 Å². The van der Waals surface area contributed by atoms with Gasteiger partial charge in [-0.05, 0) is 63.5 Å². The fourth-order valence-electron chi connectivity index (χ4n) is 2.05. The van der Waals surface area contributed by atoms with E-state index in [1.807, 2.05) is 19.0 Å². The van der Waals surface area contributed by atoms with E-state index in [-0.39, 0.29) is 24.4 Å². The van der Waals surface area contributed by atoms with Crippen molar-refractivity contribution in [1.29, 1.82) is 0 Å². The highest BCUT2D eigenvalue weighted by Gasteiger charge is 2.22. The first-order chi connectivity index (χ1) is 8.38. The molecule has 0 saturated heterocycles. The maximum atomic E-state index is 11.8. The van der Waals surface area contributed by atoms with Crippen LogP contribution in [0.3, 0.4) is 0 Å². The van der Waals surface area contributed by atoms with E-state index in [1.54, 1.807) is 0 Å². The number of carbonyl (C=O) groups is 1. The first kappa shape index (κ1) is 17.9. The molecule has 0 aliphatic rings. The molecule has 0 aromatic heterocycles. The summed E-state index contributed by atoms with van der Waals surface area (Å²) in [5.41, 5.74) is 5.07. The Kier molecular flexibility index (Phi) is 7.09. The average molecular weight is 286 g/mol. The normalized spacial score (nSPS) is 11.9. The second-order valence-electron chi connectivity index (χ2n) is 5.00. The molecule has 0 heterocycles. The van der Waals surface area contributed by atoms with Crippen LogP contribution in [0.4, 0.5) is 0 Å². The van der Waals surface area contributed by atoms with Crippen molar-refractivity contribution in [2.45, 2.75) is 33.2 Å². The molecular weight excluding hydrogens is 262 g/mol. The number of halogens is 1. The van der Waals surface area contributed by atoms with Gasteiger partial charge in [0.1, 0.15) is 6.04 Å². The highest BCUT2D eigenvalue weighted by molar-refractivity contribution is 5.85. The molecule has 0 N–H and O–H groups in total. The number of benzene rings is 1. The third-order valence-corrected chi connectivity index (χ3v) is 3.68. The summed E-state index contributed by atoms with van der Waals surface area (Å²) < 4.78 is 4.86. The van der Waals surface area contributed by atoms with E-state index >= 15 is 0 Å². The quantitative estimate of drug-likeness (QED) is 0.797. The number of rotatable bonds is 4. The Balaban J connectivity index is 0.00000324. The van der Waals surface area contributed by atoms with Crippen LogP contribution in [0.1, 0.15) is 22.3 Å². The van der Waals surface area contributed by atoms with E-state index in [9.17, 15) is 4.79 Å². The molecule has 0 aliphatic heterocycles. The minimum atomic E-state index is -0.226. The summed E-state index contributed by atoms with van der Waals surface area (Å²) in [6.45, 7) is 6.34. The van der Waals surface area contributed by atoms with Crippen LogP contribution < -0.4 is 0 Å². The summed E-state index contributed by atoms with van der Waals surface area (Å²) in [5, 5.41) is 0. The molecule has 0 fully saturated rings. The van der Waals surface area contributed by atoms with Gasteiger partial charge in [0, 0.05) is 0 Å². The highest BCUT2D eigenvalue weighted by atomic mass is 35.5. The zero-order valence-corrected chi connectivity index (χ0v) is 13.4. The van der Waals surface area contributed by atoms with Crippen molar-refractivity contribution in [2.24, 2.45) is 0 Å². The lowest BCUT2D eigenvalue weighted by Crippen LogP contribution is -2.38. The third-order valence-electron chi connectivity index (χ3n) is 3.68. The second kappa shape index (κ2) is 7.51. The van der Waals surface area contributed by atoms with E-state index in [1.165, 1.54) is 29.4 Å². The maximum absolute atomic E-state index is 11.8. The van der Waals surface area contributed by atoms with Crippen LogP contribution in [0.25, 0.3) is 0 Å². The summed E-state index contributed by atoms with van der Waals surface area (Å²) in [5.74, 6) is -0.183. The topological polar surface area (TPSA) is 29.5 Å². The standard InChI is InChI=1S/C15H23NO2.ClH/c1-10-7-8-13(12(3)11(10)2)9-14(16(4)5)15(17)18-6;/h7-8,14H,9H2,1-6H3;1H/t14-;/m1./s1. The summed E-state index contributed by atoms with van der Waals surface area (Å²) >= 11 is 0. The Hall–Kier alpha value is -1.06. The zero-order valence-electron chi connectivity index (χ0n) is 12.6. The molecule has 0 radical (unpaired) electrons. The lowest BCUT2D eigenvalue weighted by atomic mass is 9.94. The van der Waals surface area contributed by atoms with Gasteiger partial charge in [-0.2, -0.15) is 0 Å². The van der Waals surface area contributed by atoms with Gasteiger partial charge in [-0.1, -0.05) is 12.1 Å². The SMILES string of the molecule is COC(=O)[C@@H](Cc1ccc(C)c(C)c1C)N(C)C.Cl. The molecule has 0 aliphatic carbocycles. The fraction of sp³-hybridized carbons (Fsp3) is 0.533. The number of ether oxygens (including phenoxy) is 1. The third kappa shape index (κ3) is 4.22. The van der Waals surface area contributed by atoms with Gasteiger partial charge in [0.15, 0.2) is 0 Å². The molecule has 0 amide bonds. The van der Waals surface area contributed by atoms with Gasteiger partial charge in [-0.15, -0.1) is 12.4 Å². The van der Waals surface area contributed by atoms with Gasteiger partial charge in [-0.25, -0.2) is 0 Å². The molecular formula is C15H24ClNO2. The molecule has 1 aromatic carbocycles. The number of nitrogens with zero attached hydrogens (tertiary/aromatic N) is 1. The number of carbonyl (C=O) groups excluding carboxylic acids is 1. The van der Waals surface area contributed by atoms with E-state index < -0.39 is 0 Å². The molecule has 3 nitrogen and oxygen atoms in total. The highest BCUT2D eigenvalue weighted by Crippen LogP contribution is 2.19. The van der Waals surface area contributed by atoms with Crippen LogP contribution in [-0.4, -0.2) is 38.1 Å². The number of hydrogen-bond acceptors (Lipinski definition) is 3. The van der Waals surface area contributed by atoms with Crippen molar-refractivity contribution in [3.8, 4) is 0 Å². The molecule has 108 valence electrons. The predicted octanol–water partition coefficient (Wildman–Crippen LogP) is 2.68. The number of aryl methyl sites for hydroxylation is 1. The Morgan fingerprint density at radius 3 is 2.26 bits per heavy atom. The van der Waals surface area contributed by atoms with Crippen LogP contribution in [0.2, 0.25) is 0 Å². The monoisotopic (exact) mass is 285 g/mol. The smallest absolute Gasteiger partial charge is 0.323 e. The van der Waals surface area contributed by atoms with Crippen LogP contribution in [0.5, 0.6) is 0 Å². The average Bonchev–Trinajstić information content (AvgIpc) is 2.34. The Morgan fingerprint density at radius 1 is 1.21 bits per heavy atom. The molecule has 0 spiro atoms. The van der Waals surface area contributed by atoms with Gasteiger partial charge in [0.05, 0.1) is 7.11 Å². The summed E-state index contributed by atoms with van der Waals surface area (Å²) in [4.78, 5) is 13.7. The lowest BCUT2D eigenvalue weighted by Gasteiger charge is -2.23. The molecule has 19 heavy (non-hydrogen) atoms. The number of hydrogen-bond donors (Lipinski definition) is 0. The summed E-state index contributed by atoms with van der Waals surface area (Å²) in [6.07, 6.45) is 0.687. The largest absolute Gasteiger partial charge is 0.468 e. The molecule has 1 rings (SSSR count). The van der Waals surface area contributed by atoms with Crippen molar-refractivity contribution in [2.75, 3.05) is 21.2 Å². The van der Waals surface area contributed by atoms with Crippen molar-refractivity contribution >= 4 is 18.4 Å². The summed E-state index contributed by atoms with van der Waals surface area (Å²) in [6, 6.07) is 3.99. The first-order valence-corrected chi connectivity index (χ1v) is 6.18. The molecule has 0 saturated carbocycles. The summed E-state index contributed by atoms with van der Waals surface area (Å²) in [7, 11) is 5.24. The van der Waals surface area contributed by atoms with Gasteiger partial charge < -0.3 is 4.74 Å². The van der Waals surface area contributed by atoms with Crippen molar-refractivity contribution < 1.29 is 9.53 Å². The number of esters is 1. The van der Waals surface area contributed by atoms with Gasteiger partial charge >= 0.3 is 5.97 Å². The van der Waals surface area contributed by atoms with E-state index in [2.05, 4.69) is 32.9 Å². The Bertz CT molecular complexity index is 444. The van der Waals surface area contributed by atoms with Gasteiger partial charge in [0.2, 0.25) is 0 Å². The van der Waals surface area contributed by atoms with E-state index in [4.69, 9.17) is 4.74 Å². The van der Waals surface area contributed by atoms with Crippen LogP contribution in [0, 0.1) is 20.8 Å². The number of methoxy groups -OCH3 is 1. The maximum Gasteiger partial charge on any atom is 0.323 e. The van der Waals surface area contributed by atoms with E-state index in [0.717, 1.165) is 0 Å². The molecule has 0 bridgehead atoms. The van der Waals surface area contributed by atoms with E-state index in [0.29, 0.717) is 6.42 Å². The predicted molar refractivity (Wildman–Crippen MR) is 81.1 cm³/mol. The van der Waals surface area contributed by atoms with Crippen molar-refractivity contribution in [3.63, 3.8) is 0 Å². The zero-order chi connectivity index (χ0) is 13.9. The number of likely N-dealkylation sites (N-methyl/N-ethyl adjacent to an activating group) is 1. The minimum Gasteiger partial charge on any atom is -0.468 e. The fourth-order valence-corrected chi connectivity index (χ4v) is 2.05.